The van der Waals surface area contributed by atoms with Crippen molar-refractivity contribution in [2.24, 2.45) is 5.92 Å². The zero-order valence-electron chi connectivity index (χ0n) is 10.2. The quantitative estimate of drug-likeness (QED) is 0.923. The minimum atomic E-state index is 0.243. The normalized spacial score (nSPS) is 22.9. The topological polar surface area (TPSA) is 63.8 Å². The van der Waals surface area contributed by atoms with Crippen molar-refractivity contribution >= 4 is 23.2 Å². The number of aromatic nitrogens is 3. The lowest BCUT2D eigenvalue weighted by Gasteiger charge is -2.07. The number of halogens is 2. The van der Waals surface area contributed by atoms with Crippen molar-refractivity contribution in [3.8, 4) is 11.5 Å². The molecular formula is C12H12Cl2N4O. The molecular weight excluding hydrogens is 287 g/mol. The number of hydrogen-bond acceptors (Lipinski definition) is 5. The molecule has 0 bridgehead atoms. The highest BCUT2D eigenvalue weighted by Crippen LogP contribution is 2.30. The fourth-order valence-corrected chi connectivity index (χ4v) is 2.67. The van der Waals surface area contributed by atoms with Crippen LogP contribution in [0.1, 0.15) is 18.7 Å². The van der Waals surface area contributed by atoms with Gasteiger partial charge in [0.15, 0.2) is 0 Å². The lowest BCUT2D eigenvalue weighted by molar-refractivity contribution is 0.340. The van der Waals surface area contributed by atoms with Crippen LogP contribution < -0.4 is 5.32 Å². The molecule has 2 aromatic rings. The molecule has 5 nitrogen and oxygen atoms in total. The van der Waals surface area contributed by atoms with Gasteiger partial charge in [0.1, 0.15) is 5.69 Å². The maximum Gasteiger partial charge on any atom is 0.231 e. The van der Waals surface area contributed by atoms with E-state index in [0.717, 1.165) is 13.1 Å². The van der Waals surface area contributed by atoms with Crippen molar-refractivity contribution in [2.75, 3.05) is 13.1 Å². The summed E-state index contributed by atoms with van der Waals surface area (Å²) in [6, 6.07) is 1.61. The third-order valence-corrected chi connectivity index (χ3v) is 3.79. The number of nitrogens with zero attached hydrogens (tertiary/aromatic N) is 3. The minimum Gasteiger partial charge on any atom is -0.339 e. The lowest BCUT2D eigenvalue weighted by atomic mass is 9.98. The molecule has 2 atom stereocenters. The minimum absolute atomic E-state index is 0.243. The summed E-state index contributed by atoms with van der Waals surface area (Å²) in [7, 11) is 0. The van der Waals surface area contributed by atoms with Crippen LogP contribution in [0.3, 0.4) is 0 Å². The fourth-order valence-electron chi connectivity index (χ4n) is 2.20. The Morgan fingerprint density at radius 2 is 2.21 bits per heavy atom. The summed E-state index contributed by atoms with van der Waals surface area (Å²) < 4.78 is 5.33. The van der Waals surface area contributed by atoms with Gasteiger partial charge in [-0.05, 0) is 18.5 Å². The van der Waals surface area contributed by atoms with E-state index in [1.54, 1.807) is 6.07 Å². The summed E-state index contributed by atoms with van der Waals surface area (Å²) in [6.07, 6.45) is 1.51. The molecule has 7 heteroatoms. The second kappa shape index (κ2) is 5.07. The molecule has 1 N–H and O–H groups in total. The first-order chi connectivity index (χ1) is 9.15. The summed E-state index contributed by atoms with van der Waals surface area (Å²) in [4.78, 5) is 8.54. The Balaban J connectivity index is 1.92. The Morgan fingerprint density at radius 1 is 1.37 bits per heavy atom. The SMILES string of the molecule is CC1CNCC1c1nc(-c2ncc(Cl)cc2Cl)no1. The van der Waals surface area contributed by atoms with Gasteiger partial charge >= 0.3 is 0 Å². The molecule has 3 rings (SSSR count). The van der Waals surface area contributed by atoms with E-state index in [0.29, 0.717) is 33.4 Å². The second-order valence-corrected chi connectivity index (χ2v) is 5.53. The van der Waals surface area contributed by atoms with Gasteiger partial charge in [0.2, 0.25) is 11.7 Å². The number of nitrogens with one attached hydrogen (secondary N) is 1. The molecule has 19 heavy (non-hydrogen) atoms. The van der Waals surface area contributed by atoms with E-state index < -0.39 is 0 Å². The van der Waals surface area contributed by atoms with Crippen LogP contribution in [0.4, 0.5) is 0 Å². The molecule has 100 valence electrons. The van der Waals surface area contributed by atoms with Crippen molar-refractivity contribution in [2.45, 2.75) is 12.8 Å². The number of pyridine rings is 1. The van der Waals surface area contributed by atoms with Gasteiger partial charge in [-0.3, -0.25) is 0 Å². The molecule has 2 unspecified atom stereocenters. The molecule has 0 aliphatic carbocycles. The van der Waals surface area contributed by atoms with Gasteiger partial charge in [-0.25, -0.2) is 4.98 Å². The van der Waals surface area contributed by atoms with E-state index in [-0.39, 0.29) is 5.92 Å². The summed E-state index contributed by atoms with van der Waals surface area (Å²) >= 11 is 11.9. The van der Waals surface area contributed by atoms with Crippen LogP contribution in [0, 0.1) is 5.92 Å². The Hall–Kier alpha value is -1.17. The molecule has 0 aromatic carbocycles. The van der Waals surface area contributed by atoms with E-state index in [9.17, 15) is 0 Å². The molecule has 3 heterocycles. The van der Waals surface area contributed by atoms with E-state index in [1.165, 1.54) is 6.20 Å². The summed E-state index contributed by atoms with van der Waals surface area (Å²) in [5.41, 5.74) is 0.486. The molecule has 0 amide bonds. The molecule has 0 saturated carbocycles. The van der Waals surface area contributed by atoms with Crippen LogP contribution in [-0.4, -0.2) is 28.2 Å². The molecule has 1 aliphatic rings. The van der Waals surface area contributed by atoms with E-state index in [2.05, 4.69) is 27.4 Å². The van der Waals surface area contributed by atoms with Gasteiger partial charge in [-0.2, -0.15) is 4.98 Å². The van der Waals surface area contributed by atoms with Crippen LogP contribution in [0.5, 0.6) is 0 Å². The lowest BCUT2D eigenvalue weighted by Crippen LogP contribution is -2.08. The molecule has 1 fully saturated rings. The zero-order chi connectivity index (χ0) is 13.4. The predicted molar refractivity (Wildman–Crippen MR) is 72.3 cm³/mol. The third-order valence-electron chi connectivity index (χ3n) is 3.30. The van der Waals surface area contributed by atoms with Gasteiger partial charge in [0, 0.05) is 12.7 Å². The Bertz CT molecular complexity index is 601. The first-order valence-electron chi connectivity index (χ1n) is 6.01. The zero-order valence-corrected chi connectivity index (χ0v) is 11.7. The highest BCUT2D eigenvalue weighted by Gasteiger charge is 2.30. The Morgan fingerprint density at radius 3 is 2.89 bits per heavy atom. The van der Waals surface area contributed by atoms with Crippen molar-refractivity contribution in [1.82, 2.24) is 20.4 Å². The molecule has 1 aliphatic heterocycles. The first-order valence-corrected chi connectivity index (χ1v) is 6.76. The number of rotatable bonds is 2. The van der Waals surface area contributed by atoms with E-state index in [1.807, 2.05) is 0 Å². The average Bonchev–Trinajstić information content (AvgIpc) is 2.97. The first kappa shape index (κ1) is 12.8. The van der Waals surface area contributed by atoms with E-state index >= 15 is 0 Å². The van der Waals surface area contributed by atoms with Crippen LogP contribution in [-0.2, 0) is 0 Å². The van der Waals surface area contributed by atoms with Crippen molar-refractivity contribution in [3.05, 3.63) is 28.2 Å². The largest absolute Gasteiger partial charge is 0.339 e. The highest BCUT2D eigenvalue weighted by atomic mass is 35.5. The molecule has 2 aromatic heterocycles. The Kier molecular flexibility index (Phi) is 3.43. The summed E-state index contributed by atoms with van der Waals surface area (Å²) in [6.45, 7) is 3.97. The molecule has 1 saturated heterocycles. The second-order valence-electron chi connectivity index (χ2n) is 4.68. The van der Waals surface area contributed by atoms with Crippen LogP contribution in [0.2, 0.25) is 10.0 Å². The van der Waals surface area contributed by atoms with Crippen molar-refractivity contribution in [3.63, 3.8) is 0 Å². The smallest absolute Gasteiger partial charge is 0.231 e. The standard InChI is InChI=1S/C12H12Cl2N4O/c1-6-3-15-5-8(6)12-17-11(18-19-12)10-9(14)2-7(13)4-16-10/h2,4,6,8,15H,3,5H2,1H3. The summed E-state index contributed by atoms with van der Waals surface area (Å²) in [5.74, 6) is 1.74. The molecule has 0 spiro atoms. The van der Waals surface area contributed by atoms with Gasteiger partial charge in [-0.1, -0.05) is 35.3 Å². The highest BCUT2D eigenvalue weighted by molar-refractivity contribution is 6.35. The van der Waals surface area contributed by atoms with Gasteiger partial charge in [0.25, 0.3) is 0 Å². The number of hydrogen-bond donors (Lipinski definition) is 1. The average molecular weight is 299 g/mol. The maximum absolute atomic E-state index is 6.08. The van der Waals surface area contributed by atoms with E-state index in [4.69, 9.17) is 27.7 Å². The van der Waals surface area contributed by atoms with Crippen LogP contribution in [0.15, 0.2) is 16.8 Å². The van der Waals surface area contributed by atoms with Gasteiger partial charge in [0.05, 0.1) is 16.0 Å². The fraction of sp³-hybridized carbons (Fsp3) is 0.417. The monoisotopic (exact) mass is 298 g/mol. The third kappa shape index (κ3) is 2.45. The van der Waals surface area contributed by atoms with Gasteiger partial charge < -0.3 is 9.84 Å². The van der Waals surface area contributed by atoms with Gasteiger partial charge in [-0.15, -0.1) is 0 Å². The Labute approximate surface area is 120 Å². The predicted octanol–water partition coefficient (Wildman–Crippen LogP) is 2.76. The van der Waals surface area contributed by atoms with Crippen LogP contribution >= 0.6 is 23.2 Å². The molecule has 0 radical (unpaired) electrons. The summed E-state index contributed by atoms with van der Waals surface area (Å²) in [5, 5.41) is 8.15. The van der Waals surface area contributed by atoms with Crippen molar-refractivity contribution in [1.29, 1.82) is 0 Å². The maximum atomic E-state index is 6.08. The van der Waals surface area contributed by atoms with Crippen molar-refractivity contribution < 1.29 is 4.52 Å². The van der Waals surface area contributed by atoms with Crippen LogP contribution in [0.25, 0.3) is 11.5 Å².